The van der Waals surface area contributed by atoms with Crippen molar-refractivity contribution in [2.75, 3.05) is 13.7 Å². The summed E-state index contributed by atoms with van der Waals surface area (Å²) in [4.78, 5) is 36.0. The summed E-state index contributed by atoms with van der Waals surface area (Å²) >= 11 is 0. The molecule has 0 aliphatic heterocycles. The van der Waals surface area contributed by atoms with Gasteiger partial charge in [0.2, 0.25) is 11.8 Å². The fourth-order valence-electron chi connectivity index (χ4n) is 3.82. The number of aliphatic carboxylic acids is 1. The van der Waals surface area contributed by atoms with Crippen molar-refractivity contribution in [3.8, 4) is 0 Å². The molecule has 0 bridgehead atoms. The first kappa shape index (κ1) is 19.7. The van der Waals surface area contributed by atoms with Crippen molar-refractivity contribution >= 4 is 17.8 Å². The summed E-state index contributed by atoms with van der Waals surface area (Å²) in [6.45, 7) is 1.37. The van der Waals surface area contributed by atoms with Crippen LogP contribution in [-0.4, -0.2) is 48.2 Å². The van der Waals surface area contributed by atoms with E-state index in [0.717, 1.165) is 38.5 Å². The lowest BCUT2D eigenvalue weighted by Gasteiger charge is -2.32. The van der Waals surface area contributed by atoms with Crippen LogP contribution >= 0.6 is 0 Å². The number of methoxy groups -OCH3 is 1. The predicted molar refractivity (Wildman–Crippen MR) is 91.9 cm³/mol. The van der Waals surface area contributed by atoms with Gasteiger partial charge in [0.1, 0.15) is 0 Å². The van der Waals surface area contributed by atoms with Crippen LogP contribution in [0.4, 0.5) is 0 Å². The van der Waals surface area contributed by atoms with Gasteiger partial charge in [-0.3, -0.25) is 9.59 Å². The van der Waals surface area contributed by atoms with Crippen molar-refractivity contribution in [3.05, 3.63) is 0 Å². The smallest absolute Gasteiger partial charge is 0.331 e. The Morgan fingerprint density at radius 3 is 2.08 bits per heavy atom. The van der Waals surface area contributed by atoms with Gasteiger partial charge in [0.05, 0.1) is 6.61 Å². The topological polar surface area (TPSA) is 105 Å². The highest BCUT2D eigenvalue weighted by Gasteiger charge is 2.38. The molecule has 3 N–H and O–H groups in total. The number of carboxylic acids is 1. The highest BCUT2D eigenvalue weighted by Crippen LogP contribution is 2.28. The summed E-state index contributed by atoms with van der Waals surface area (Å²) in [5, 5.41) is 15.0. The molecule has 0 aromatic heterocycles. The summed E-state index contributed by atoms with van der Waals surface area (Å²) < 4.78 is 4.92. The van der Waals surface area contributed by atoms with Crippen molar-refractivity contribution in [3.63, 3.8) is 0 Å². The minimum absolute atomic E-state index is 0.0825. The first-order valence-corrected chi connectivity index (χ1v) is 9.20. The molecule has 0 heterocycles. The number of nitrogens with one attached hydrogen (secondary N) is 2. The standard InChI is InChI=1S/C18H30N2O5/c1-18(11-25-2,17(23)24)20-16(22)13-7-9-14(10-8-13)19-15(21)12-5-3-4-6-12/h12-14H,3-11H2,1-2H3,(H,19,21)(H,20,22)(H,23,24). The summed E-state index contributed by atoms with van der Waals surface area (Å²) in [6, 6.07) is 0.127. The number of hydrogen-bond acceptors (Lipinski definition) is 4. The van der Waals surface area contributed by atoms with Crippen molar-refractivity contribution in [1.82, 2.24) is 10.6 Å². The normalized spacial score (nSPS) is 26.6. The molecule has 2 rings (SSSR count). The van der Waals surface area contributed by atoms with Crippen molar-refractivity contribution in [2.45, 2.75) is 69.9 Å². The molecule has 1 unspecified atom stereocenters. The lowest BCUT2D eigenvalue weighted by atomic mass is 9.84. The molecule has 25 heavy (non-hydrogen) atoms. The Hall–Kier alpha value is -1.63. The minimum atomic E-state index is -1.42. The van der Waals surface area contributed by atoms with E-state index in [0.29, 0.717) is 12.8 Å². The fraction of sp³-hybridized carbons (Fsp3) is 0.833. The molecule has 2 saturated carbocycles. The number of amides is 2. The van der Waals surface area contributed by atoms with Crippen LogP contribution in [0.5, 0.6) is 0 Å². The van der Waals surface area contributed by atoms with Gasteiger partial charge in [0.15, 0.2) is 5.54 Å². The van der Waals surface area contributed by atoms with E-state index in [1.807, 2.05) is 0 Å². The van der Waals surface area contributed by atoms with Gasteiger partial charge in [-0.25, -0.2) is 4.79 Å². The molecule has 2 aliphatic rings. The number of carboxylic acid groups (broad SMARTS) is 1. The Bertz CT molecular complexity index is 496. The molecular weight excluding hydrogens is 324 g/mol. The molecule has 2 aliphatic carbocycles. The largest absolute Gasteiger partial charge is 0.479 e. The zero-order valence-electron chi connectivity index (χ0n) is 15.2. The van der Waals surface area contributed by atoms with Gasteiger partial charge in [-0.15, -0.1) is 0 Å². The zero-order valence-corrected chi connectivity index (χ0v) is 15.2. The molecule has 142 valence electrons. The fourth-order valence-corrected chi connectivity index (χ4v) is 3.82. The maximum atomic E-state index is 12.4. The van der Waals surface area contributed by atoms with Crippen LogP contribution in [0.2, 0.25) is 0 Å². The molecule has 2 fully saturated rings. The molecule has 0 saturated heterocycles. The van der Waals surface area contributed by atoms with E-state index in [1.165, 1.54) is 14.0 Å². The third-order valence-corrected chi connectivity index (χ3v) is 5.47. The van der Waals surface area contributed by atoms with E-state index < -0.39 is 11.5 Å². The summed E-state index contributed by atoms with van der Waals surface area (Å²) in [5.41, 5.74) is -1.42. The molecule has 7 heteroatoms. The van der Waals surface area contributed by atoms with E-state index in [-0.39, 0.29) is 36.3 Å². The van der Waals surface area contributed by atoms with E-state index in [2.05, 4.69) is 10.6 Å². The Labute approximate surface area is 148 Å². The Morgan fingerprint density at radius 1 is 1.00 bits per heavy atom. The second kappa shape index (κ2) is 8.65. The molecular formula is C18H30N2O5. The summed E-state index contributed by atoms with van der Waals surface area (Å²) in [5.74, 6) is -1.26. The third kappa shape index (κ3) is 5.17. The van der Waals surface area contributed by atoms with Crippen LogP contribution in [-0.2, 0) is 19.1 Å². The van der Waals surface area contributed by atoms with Crippen LogP contribution in [0, 0.1) is 11.8 Å². The molecule has 0 aromatic carbocycles. The Kier molecular flexibility index (Phi) is 6.81. The van der Waals surface area contributed by atoms with E-state index in [1.54, 1.807) is 0 Å². The van der Waals surface area contributed by atoms with Crippen LogP contribution in [0.15, 0.2) is 0 Å². The Balaban J connectivity index is 1.79. The molecule has 1 atom stereocenters. The van der Waals surface area contributed by atoms with Gasteiger partial charge >= 0.3 is 5.97 Å². The molecule has 2 amide bonds. The average molecular weight is 354 g/mol. The Morgan fingerprint density at radius 2 is 1.56 bits per heavy atom. The van der Waals surface area contributed by atoms with Gasteiger partial charge in [-0.05, 0) is 45.4 Å². The first-order valence-electron chi connectivity index (χ1n) is 9.20. The number of rotatable bonds is 7. The summed E-state index contributed by atoms with van der Waals surface area (Å²) in [7, 11) is 1.41. The van der Waals surface area contributed by atoms with Crippen molar-refractivity contribution in [2.24, 2.45) is 11.8 Å². The number of ether oxygens (including phenoxy) is 1. The van der Waals surface area contributed by atoms with E-state index in [9.17, 15) is 19.5 Å². The molecule has 0 spiro atoms. The number of hydrogen-bond donors (Lipinski definition) is 3. The van der Waals surface area contributed by atoms with E-state index in [4.69, 9.17) is 4.74 Å². The molecule has 0 radical (unpaired) electrons. The minimum Gasteiger partial charge on any atom is -0.479 e. The lowest BCUT2D eigenvalue weighted by Crippen LogP contribution is -2.57. The van der Waals surface area contributed by atoms with E-state index >= 15 is 0 Å². The predicted octanol–water partition coefficient (Wildman–Crippen LogP) is 1.46. The average Bonchev–Trinajstić information content (AvgIpc) is 3.10. The highest BCUT2D eigenvalue weighted by molar-refractivity contribution is 5.88. The maximum absolute atomic E-state index is 12.4. The van der Waals surface area contributed by atoms with Crippen LogP contribution in [0.25, 0.3) is 0 Å². The quantitative estimate of drug-likeness (QED) is 0.642. The van der Waals surface area contributed by atoms with Crippen LogP contribution in [0.1, 0.15) is 58.3 Å². The van der Waals surface area contributed by atoms with Crippen molar-refractivity contribution < 1.29 is 24.2 Å². The zero-order chi connectivity index (χ0) is 18.4. The van der Waals surface area contributed by atoms with Crippen LogP contribution in [0.3, 0.4) is 0 Å². The van der Waals surface area contributed by atoms with Crippen LogP contribution < -0.4 is 10.6 Å². The second-order valence-electron chi connectivity index (χ2n) is 7.60. The first-order chi connectivity index (χ1) is 11.9. The van der Waals surface area contributed by atoms with Gasteiger partial charge in [0, 0.05) is 25.0 Å². The van der Waals surface area contributed by atoms with Crippen molar-refractivity contribution in [1.29, 1.82) is 0 Å². The number of carbonyl (C=O) groups excluding carboxylic acids is 2. The maximum Gasteiger partial charge on any atom is 0.331 e. The lowest BCUT2D eigenvalue weighted by molar-refractivity contribution is -0.150. The molecule has 0 aromatic rings. The SMILES string of the molecule is COCC(C)(NC(=O)C1CCC(NC(=O)C2CCCC2)CC1)C(=O)O. The van der Waals surface area contributed by atoms with Gasteiger partial charge in [-0.1, -0.05) is 12.8 Å². The van der Waals surface area contributed by atoms with Gasteiger partial charge in [0.25, 0.3) is 0 Å². The highest BCUT2D eigenvalue weighted by atomic mass is 16.5. The van der Waals surface area contributed by atoms with Gasteiger partial charge in [-0.2, -0.15) is 0 Å². The third-order valence-electron chi connectivity index (χ3n) is 5.47. The second-order valence-corrected chi connectivity index (χ2v) is 7.60. The number of carbonyl (C=O) groups is 3. The monoisotopic (exact) mass is 354 g/mol. The molecule has 7 nitrogen and oxygen atoms in total. The summed E-state index contributed by atoms with van der Waals surface area (Å²) in [6.07, 6.45) is 7.06. The van der Waals surface area contributed by atoms with Gasteiger partial charge < -0.3 is 20.5 Å².